The van der Waals surface area contributed by atoms with Crippen LogP contribution < -0.4 is 4.74 Å². The summed E-state index contributed by atoms with van der Waals surface area (Å²) in [5.41, 5.74) is 0.825. The van der Waals surface area contributed by atoms with Gasteiger partial charge in [0.25, 0.3) is 0 Å². The summed E-state index contributed by atoms with van der Waals surface area (Å²) in [5, 5.41) is 18.4. The Bertz CT molecular complexity index is 493. The number of nitrogens with zero attached hydrogens (tertiary/aromatic N) is 1. The fourth-order valence-electron chi connectivity index (χ4n) is 1.79. The number of rotatable bonds is 6. The van der Waals surface area contributed by atoms with Crippen LogP contribution >= 0.6 is 0 Å². The maximum Gasteiger partial charge on any atom is 0.317 e. The molecule has 5 nitrogen and oxygen atoms in total. The Morgan fingerprint density at radius 1 is 1.58 bits per heavy atom. The van der Waals surface area contributed by atoms with Gasteiger partial charge < -0.3 is 14.9 Å². The Morgan fingerprint density at radius 3 is 2.79 bits per heavy atom. The average molecular weight is 263 g/mol. The number of ether oxygens (including phenoxy) is 1. The van der Waals surface area contributed by atoms with Crippen molar-refractivity contribution in [2.24, 2.45) is 0 Å². The third kappa shape index (κ3) is 3.90. The molecular weight excluding hydrogens is 246 g/mol. The molecule has 0 saturated carbocycles. The van der Waals surface area contributed by atoms with E-state index in [0.717, 1.165) is 5.56 Å². The summed E-state index contributed by atoms with van der Waals surface area (Å²) in [7, 11) is 1.46. The second-order valence-electron chi connectivity index (χ2n) is 4.11. The van der Waals surface area contributed by atoms with Gasteiger partial charge in [0.2, 0.25) is 0 Å². The summed E-state index contributed by atoms with van der Waals surface area (Å²) in [5.74, 6) is 1.90. The van der Waals surface area contributed by atoms with Crippen molar-refractivity contribution >= 4 is 5.97 Å². The molecule has 19 heavy (non-hydrogen) atoms. The molecule has 0 aliphatic carbocycles. The van der Waals surface area contributed by atoms with E-state index in [9.17, 15) is 9.90 Å². The zero-order valence-corrected chi connectivity index (χ0v) is 11.0. The average Bonchev–Trinajstić information content (AvgIpc) is 2.37. The SMILES string of the molecule is C#CCN(CC(=O)O)C(C)c1ccc(O)c(OC)c1. The summed E-state index contributed by atoms with van der Waals surface area (Å²) in [6, 6.07) is 4.71. The van der Waals surface area contributed by atoms with E-state index >= 15 is 0 Å². The lowest BCUT2D eigenvalue weighted by Gasteiger charge is -2.26. The van der Waals surface area contributed by atoms with Crippen LogP contribution in [0.25, 0.3) is 0 Å². The molecule has 102 valence electrons. The van der Waals surface area contributed by atoms with Gasteiger partial charge in [-0.2, -0.15) is 0 Å². The van der Waals surface area contributed by atoms with E-state index in [1.807, 2.05) is 6.92 Å². The number of benzene rings is 1. The minimum atomic E-state index is -0.937. The van der Waals surface area contributed by atoms with Crippen LogP contribution in [-0.4, -0.2) is 41.3 Å². The fraction of sp³-hybridized carbons (Fsp3) is 0.357. The molecule has 0 bridgehead atoms. The lowest BCUT2D eigenvalue weighted by atomic mass is 10.1. The van der Waals surface area contributed by atoms with E-state index in [1.54, 1.807) is 17.0 Å². The number of terminal acetylenes is 1. The number of hydrogen-bond acceptors (Lipinski definition) is 4. The highest BCUT2D eigenvalue weighted by Gasteiger charge is 2.18. The monoisotopic (exact) mass is 263 g/mol. The molecular formula is C14H17NO4. The summed E-state index contributed by atoms with van der Waals surface area (Å²) in [6.07, 6.45) is 5.25. The molecule has 0 aliphatic rings. The highest BCUT2D eigenvalue weighted by atomic mass is 16.5. The smallest absolute Gasteiger partial charge is 0.317 e. The zero-order chi connectivity index (χ0) is 14.4. The molecule has 0 aromatic heterocycles. The molecule has 0 amide bonds. The number of hydrogen-bond donors (Lipinski definition) is 2. The highest BCUT2D eigenvalue weighted by Crippen LogP contribution is 2.30. The Labute approximate surface area is 112 Å². The van der Waals surface area contributed by atoms with Crippen molar-refractivity contribution in [1.82, 2.24) is 4.90 Å². The molecule has 0 aliphatic heterocycles. The Balaban J connectivity index is 2.98. The fourth-order valence-corrected chi connectivity index (χ4v) is 1.79. The van der Waals surface area contributed by atoms with Crippen LogP contribution in [0, 0.1) is 12.3 Å². The van der Waals surface area contributed by atoms with Crippen LogP contribution in [0.4, 0.5) is 0 Å². The van der Waals surface area contributed by atoms with Crippen molar-refractivity contribution in [3.8, 4) is 23.8 Å². The van der Waals surface area contributed by atoms with Gasteiger partial charge in [-0.1, -0.05) is 12.0 Å². The summed E-state index contributed by atoms with van der Waals surface area (Å²) < 4.78 is 5.03. The van der Waals surface area contributed by atoms with Gasteiger partial charge in [-0.15, -0.1) is 6.42 Å². The van der Waals surface area contributed by atoms with E-state index in [2.05, 4.69) is 5.92 Å². The van der Waals surface area contributed by atoms with Crippen LogP contribution in [0.15, 0.2) is 18.2 Å². The minimum Gasteiger partial charge on any atom is -0.504 e. The Hall–Kier alpha value is -2.19. The molecule has 1 aromatic carbocycles. The van der Waals surface area contributed by atoms with Crippen molar-refractivity contribution < 1.29 is 19.7 Å². The number of phenols is 1. The van der Waals surface area contributed by atoms with Crippen molar-refractivity contribution in [2.45, 2.75) is 13.0 Å². The van der Waals surface area contributed by atoms with Crippen LogP contribution in [0.5, 0.6) is 11.5 Å². The molecule has 0 heterocycles. The van der Waals surface area contributed by atoms with Crippen LogP contribution in [0.3, 0.4) is 0 Å². The Kier molecular flexibility index (Phi) is 5.22. The third-order valence-corrected chi connectivity index (χ3v) is 2.87. The molecule has 0 saturated heterocycles. The van der Waals surface area contributed by atoms with Crippen molar-refractivity contribution in [2.75, 3.05) is 20.2 Å². The first-order valence-electron chi connectivity index (χ1n) is 5.75. The number of carboxylic acid groups (broad SMARTS) is 1. The second-order valence-corrected chi connectivity index (χ2v) is 4.11. The van der Waals surface area contributed by atoms with E-state index < -0.39 is 5.97 Å². The van der Waals surface area contributed by atoms with E-state index in [1.165, 1.54) is 13.2 Å². The maximum atomic E-state index is 10.8. The van der Waals surface area contributed by atoms with Gasteiger partial charge in [0.05, 0.1) is 20.2 Å². The minimum absolute atomic E-state index is 0.0418. The number of aliphatic carboxylic acids is 1. The first kappa shape index (κ1) is 14.9. The predicted octanol–water partition coefficient (Wildman–Crippen LogP) is 1.48. The number of carboxylic acids is 1. The largest absolute Gasteiger partial charge is 0.504 e. The van der Waals surface area contributed by atoms with Crippen molar-refractivity contribution in [3.05, 3.63) is 23.8 Å². The number of methoxy groups -OCH3 is 1. The quantitative estimate of drug-likeness (QED) is 0.761. The van der Waals surface area contributed by atoms with Crippen molar-refractivity contribution in [1.29, 1.82) is 0 Å². The van der Waals surface area contributed by atoms with Gasteiger partial charge in [-0.3, -0.25) is 9.69 Å². The predicted molar refractivity (Wildman–Crippen MR) is 71.1 cm³/mol. The molecule has 0 spiro atoms. The lowest BCUT2D eigenvalue weighted by molar-refractivity contribution is -0.138. The number of phenolic OH excluding ortho intramolecular Hbond substituents is 1. The van der Waals surface area contributed by atoms with E-state index in [-0.39, 0.29) is 24.9 Å². The van der Waals surface area contributed by atoms with Gasteiger partial charge >= 0.3 is 5.97 Å². The Morgan fingerprint density at radius 2 is 2.26 bits per heavy atom. The standard InChI is InChI=1S/C14H17NO4/c1-4-7-15(9-14(17)18)10(2)11-5-6-12(16)13(8-11)19-3/h1,5-6,8,10,16H,7,9H2,2-3H3,(H,17,18). The van der Waals surface area contributed by atoms with Gasteiger partial charge in [0.1, 0.15) is 0 Å². The third-order valence-electron chi connectivity index (χ3n) is 2.87. The second kappa shape index (κ2) is 6.66. The normalized spacial score (nSPS) is 11.9. The first-order chi connectivity index (χ1) is 8.99. The molecule has 5 heteroatoms. The maximum absolute atomic E-state index is 10.8. The van der Waals surface area contributed by atoms with Gasteiger partial charge in [0, 0.05) is 6.04 Å². The van der Waals surface area contributed by atoms with Gasteiger partial charge in [-0.25, -0.2) is 0 Å². The zero-order valence-electron chi connectivity index (χ0n) is 11.0. The molecule has 1 atom stereocenters. The summed E-state index contributed by atoms with van der Waals surface area (Å²) >= 11 is 0. The highest BCUT2D eigenvalue weighted by molar-refractivity contribution is 5.69. The van der Waals surface area contributed by atoms with Crippen LogP contribution in [0.1, 0.15) is 18.5 Å². The lowest BCUT2D eigenvalue weighted by Crippen LogP contribution is -2.32. The molecule has 2 N–H and O–H groups in total. The summed E-state index contributed by atoms with van der Waals surface area (Å²) in [4.78, 5) is 12.5. The molecule has 1 rings (SSSR count). The molecule has 1 unspecified atom stereocenters. The van der Waals surface area contributed by atoms with Gasteiger partial charge in [-0.05, 0) is 24.6 Å². The molecule has 0 fully saturated rings. The first-order valence-corrected chi connectivity index (χ1v) is 5.75. The van der Waals surface area contributed by atoms with Crippen LogP contribution in [-0.2, 0) is 4.79 Å². The van der Waals surface area contributed by atoms with Gasteiger partial charge in [0.15, 0.2) is 11.5 Å². The molecule has 1 aromatic rings. The van der Waals surface area contributed by atoms with Crippen LogP contribution in [0.2, 0.25) is 0 Å². The molecule has 0 radical (unpaired) electrons. The van der Waals surface area contributed by atoms with Crippen molar-refractivity contribution in [3.63, 3.8) is 0 Å². The number of carbonyl (C=O) groups is 1. The van der Waals surface area contributed by atoms with E-state index in [4.69, 9.17) is 16.3 Å². The summed E-state index contributed by atoms with van der Waals surface area (Å²) in [6.45, 7) is 1.94. The van der Waals surface area contributed by atoms with E-state index in [0.29, 0.717) is 5.75 Å². The topological polar surface area (TPSA) is 70.0 Å². The number of aromatic hydroxyl groups is 1.